The zero-order chi connectivity index (χ0) is 9.84. The van der Waals surface area contributed by atoms with Crippen molar-refractivity contribution in [1.82, 2.24) is 0 Å². The van der Waals surface area contributed by atoms with E-state index in [-0.39, 0.29) is 5.91 Å². The summed E-state index contributed by atoms with van der Waals surface area (Å²) in [6.45, 7) is 4.58. The van der Waals surface area contributed by atoms with E-state index in [9.17, 15) is 4.79 Å². The molecule has 2 N–H and O–H groups in total. The maximum Gasteiger partial charge on any atom is 0.217 e. The number of amides is 1. The fraction of sp³-hybridized carbons (Fsp3) is 0.909. The van der Waals surface area contributed by atoms with E-state index < -0.39 is 0 Å². The highest BCUT2D eigenvalue weighted by atomic mass is 16.1. The van der Waals surface area contributed by atoms with Crippen molar-refractivity contribution in [2.75, 3.05) is 0 Å². The first kappa shape index (κ1) is 10.6. The topological polar surface area (TPSA) is 43.1 Å². The third-order valence-corrected chi connectivity index (χ3v) is 3.32. The Kier molecular flexibility index (Phi) is 3.76. The minimum Gasteiger partial charge on any atom is -0.370 e. The molecule has 0 aromatic heterocycles. The summed E-state index contributed by atoms with van der Waals surface area (Å²) in [7, 11) is 0. The van der Waals surface area contributed by atoms with Gasteiger partial charge in [-0.15, -0.1) is 0 Å². The SMILES string of the molecule is CC(C)[C@H]1CC[C@@H](CC(N)=O)CC1. The van der Waals surface area contributed by atoms with Crippen molar-refractivity contribution in [3.05, 3.63) is 0 Å². The number of hydrogen-bond acceptors (Lipinski definition) is 1. The van der Waals surface area contributed by atoms with Crippen LogP contribution in [0.2, 0.25) is 0 Å². The second-order valence-corrected chi connectivity index (χ2v) is 4.70. The summed E-state index contributed by atoms with van der Waals surface area (Å²) in [5.74, 6) is 2.12. The van der Waals surface area contributed by atoms with Crippen LogP contribution in [-0.2, 0) is 4.79 Å². The number of carbonyl (C=O) groups excluding carboxylic acids is 1. The number of primary amides is 1. The Morgan fingerprint density at radius 2 is 1.85 bits per heavy atom. The van der Waals surface area contributed by atoms with Gasteiger partial charge < -0.3 is 5.73 Å². The molecular formula is C11H21NO. The van der Waals surface area contributed by atoms with Crippen LogP contribution >= 0.6 is 0 Å². The molecule has 1 aliphatic rings. The van der Waals surface area contributed by atoms with Crippen LogP contribution in [0.4, 0.5) is 0 Å². The summed E-state index contributed by atoms with van der Waals surface area (Å²) in [4.78, 5) is 10.7. The van der Waals surface area contributed by atoms with Gasteiger partial charge in [-0.2, -0.15) is 0 Å². The van der Waals surface area contributed by atoms with E-state index in [0.29, 0.717) is 12.3 Å². The summed E-state index contributed by atoms with van der Waals surface area (Å²) < 4.78 is 0. The summed E-state index contributed by atoms with van der Waals surface area (Å²) >= 11 is 0. The summed E-state index contributed by atoms with van der Waals surface area (Å²) in [6, 6.07) is 0. The molecular weight excluding hydrogens is 162 g/mol. The Bertz CT molecular complexity index is 169. The molecule has 0 bridgehead atoms. The van der Waals surface area contributed by atoms with Gasteiger partial charge in [-0.1, -0.05) is 13.8 Å². The predicted molar refractivity (Wildman–Crippen MR) is 54.1 cm³/mol. The van der Waals surface area contributed by atoms with Crippen molar-refractivity contribution in [2.24, 2.45) is 23.5 Å². The minimum atomic E-state index is -0.131. The van der Waals surface area contributed by atoms with Crippen molar-refractivity contribution in [3.8, 4) is 0 Å². The second-order valence-electron chi connectivity index (χ2n) is 4.70. The molecule has 0 saturated heterocycles. The number of hydrogen-bond donors (Lipinski definition) is 1. The highest BCUT2D eigenvalue weighted by Gasteiger charge is 2.23. The van der Waals surface area contributed by atoms with E-state index >= 15 is 0 Å². The fourth-order valence-electron chi connectivity index (χ4n) is 2.34. The molecule has 0 aliphatic heterocycles. The van der Waals surface area contributed by atoms with E-state index in [1.807, 2.05) is 0 Å². The zero-order valence-electron chi connectivity index (χ0n) is 8.75. The molecule has 13 heavy (non-hydrogen) atoms. The van der Waals surface area contributed by atoms with Crippen LogP contribution in [0.3, 0.4) is 0 Å². The first-order valence-corrected chi connectivity index (χ1v) is 5.38. The van der Waals surface area contributed by atoms with E-state index in [2.05, 4.69) is 13.8 Å². The Balaban J connectivity index is 2.26. The Morgan fingerprint density at radius 1 is 1.31 bits per heavy atom. The third kappa shape index (κ3) is 3.37. The van der Waals surface area contributed by atoms with E-state index in [1.54, 1.807) is 0 Å². The highest BCUT2D eigenvalue weighted by molar-refractivity contribution is 5.73. The van der Waals surface area contributed by atoms with Crippen molar-refractivity contribution < 1.29 is 4.79 Å². The maximum atomic E-state index is 10.7. The number of rotatable bonds is 3. The van der Waals surface area contributed by atoms with Crippen LogP contribution in [0.15, 0.2) is 0 Å². The molecule has 0 aromatic carbocycles. The van der Waals surface area contributed by atoms with Crippen LogP contribution in [0.5, 0.6) is 0 Å². The van der Waals surface area contributed by atoms with Crippen molar-refractivity contribution >= 4 is 5.91 Å². The Morgan fingerprint density at radius 3 is 2.23 bits per heavy atom. The lowest BCUT2D eigenvalue weighted by atomic mass is 9.76. The lowest BCUT2D eigenvalue weighted by Crippen LogP contribution is -2.23. The monoisotopic (exact) mass is 183 g/mol. The van der Waals surface area contributed by atoms with E-state index in [0.717, 1.165) is 11.8 Å². The molecule has 1 aliphatic carbocycles. The first-order chi connectivity index (χ1) is 6.09. The lowest BCUT2D eigenvalue weighted by molar-refractivity contribution is -0.119. The number of nitrogens with two attached hydrogens (primary N) is 1. The van der Waals surface area contributed by atoms with Crippen LogP contribution in [0.25, 0.3) is 0 Å². The van der Waals surface area contributed by atoms with Gasteiger partial charge in [0.15, 0.2) is 0 Å². The third-order valence-electron chi connectivity index (χ3n) is 3.32. The molecule has 1 amide bonds. The van der Waals surface area contributed by atoms with Crippen LogP contribution in [0, 0.1) is 17.8 Å². The zero-order valence-corrected chi connectivity index (χ0v) is 8.75. The van der Waals surface area contributed by atoms with Gasteiger partial charge in [-0.25, -0.2) is 0 Å². The van der Waals surface area contributed by atoms with Crippen LogP contribution < -0.4 is 5.73 Å². The maximum absolute atomic E-state index is 10.7. The highest BCUT2D eigenvalue weighted by Crippen LogP contribution is 2.34. The molecule has 0 aromatic rings. The molecule has 76 valence electrons. The minimum absolute atomic E-state index is 0.131. The molecule has 0 spiro atoms. The van der Waals surface area contributed by atoms with Crippen molar-refractivity contribution in [2.45, 2.75) is 46.0 Å². The smallest absolute Gasteiger partial charge is 0.217 e. The standard InChI is InChI=1S/C11H21NO/c1-8(2)10-5-3-9(4-6-10)7-11(12)13/h8-10H,3-7H2,1-2H3,(H2,12,13)/t9-,10+. The Labute approximate surface area is 80.9 Å². The normalized spacial score (nSPS) is 29.2. The van der Waals surface area contributed by atoms with Gasteiger partial charge >= 0.3 is 0 Å². The average molecular weight is 183 g/mol. The van der Waals surface area contributed by atoms with Gasteiger partial charge in [-0.3, -0.25) is 4.79 Å². The molecule has 2 nitrogen and oxygen atoms in total. The van der Waals surface area contributed by atoms with E-state index in [4.69, 9.17) is 5.73 Å². The van der Waals surface area contributed by atoms with Gasteiger partial charge in [0, 0.05) is 6.42 Å². The second kappa shape index (κ2) is 4.64. The van der Waals surface area contributed by atoms with Crippen LogP contribution in [0.1, 0.15) is 46.0 Å². The van der Waals surface area contributed by atoms with Gasteiger partial charge in [0.1, 0.15) is 0 Å². The fourth-order valence-corrected chi connectivity index (χ4v) is 2.34. The predicted octanol–water partition coefficient (Wildman–Crippen LogP) is 2.32. The van der Waals surface area contributed by atoms with Gasteiger partial charge in [0.05, 0.1) is 0 Å². The van der Waals surface area contributed by atoms with Crippen molar-refractivity contribution in [1.29, 1.82) is 0 Å². The lowest BCUT2D eigenvalue weighted by Gasteiger charge is -2.30. The molecule has 0 radical (unpaired) electrons. The van der Waals surface area contributed by atoms with Crippen molar-refractivity contribution in [3.63, 3.8) is 0 Å². The first-order valence-electron chi connectivity index (χ1n) is 5.38. The van der Waals surface area contributed by atoms with Gasteiger partial charge in [0.2, 0.25) is 5.91 Å². The summed E-state index contributed by atoms with van der Waals surface area (Å²) in [6.07, 6.45) is 5.58. The van der Waals surface area contributed by atoms with Gasteiger partial charge in [0.25, 0.3) is 0 Å². The quantitative estimate of drug-likeness (QED) is 0.717. The van der Waals surface area contributed by atoms with E-state index in [1.165, 1.54) is 25.7 Å². The molecule has 1 rings (SSSR count). The average Bonchev–Trinajstić information content (AvgIpc) is 2.04. The van der Waals surface area contributed by atoms with Gasteiger partial charge in [-0.05, 0) is 43.4 Å². The summed E-state index contributed by atoms with van der Waals surface area (Å²) in [5, 5.41) is 0. The number of carbonyl (C=O) groups is 1. The molecule has 1 saturated carbocycles. The molecule has 2 heteroatoms. The Hall–Kier alpha value is -0.530. The molecule has 0 unspecified atom stereocenters. The molecule has 0 heterocycles. The molecule has 1 fully saturated rings. The summed E-state index contributed by atoms with van der Waals surface area (Å²) in [5.41, 5.74) is 5.18. The van der Waals surface area contributed by atoms with Crippen LogP contribution in [-0.4, -0.2) is 5.91 Å². The largest absolute Gasteiger partial charge is 0.370 e. The molecule has 0 atom stereocenters.